The number of fused-ring (bicyclic) bond motifs is 3. The van der Waals surface area contributed by atoms with Crippen LogP contribution >= 0.6 is 11.3 Å². The predicted molar refractivity (Wildman–Crippen MR) is 128 cm³/mol. The Hall–Kier alpha value is -4.66. The molecule has 5 rings (SSSR count). The molecule has 0 radical (unpaired) electrons. The fourth-order valence-electron chi connectivity index (χ4n) is 3.98. The van der Waals surface area contributed by atoms with E-state index >= 15 is 0 Å². The monoisotopic (exact) mass is 449 g/mol. The third kappa shape index (κ3) is 3.01. The highest BCUT2D eigenvalue weighted by atomic mass is 32.1. The number of nitrogens with zero attached hydrogens (tertiary/aromatic N) is 4. The zero-order valence-corrected chi connectivity index (χ0v) is 18.2. The first-order valence-electron chi connectivity index (χ1n) is 9.88. The van der Waals surface area contributed by atoms with Gasteiger partial charge in [0.25, 0.3) is 5.56 Å². The highest BCUT2D eigenvalue weighted by Gasteiger charge is 2.24. The van der Waals surface area contributed by atoms with E-state index in [9.17, 15) is 15.3 Å². The number of hydrogen-bond acceptors (Lipinski definition) is 7. The molecule has 5 aromatic rings. The Morgan fingerprint density at radius 3 is 2.33 bits per heavy atom. The van der Waals surface area contributed by atoms with Gasteiger partial charge in [0.15, 0.2) is 5.65 Å². The van der Waals surface area contributed by atoms with Gasteiger partial charge >= 0.3 is 0 Å². The summed E-state index contributed by atoms with van der Waals surface area (Å²) in [4.78, 5) is 18.0. The minimum atomic E-state index is -0.452. The molecular formula is C25H15N5O2S. The molecule has 2 N–H and O–H groups in total. The molecular weight excluding hydrogens is 434 g/mol. The normalized spacial score (nSPS) is 10.8. The lowest BCUT2D eigenvalue weighted by atomic mass is 9.96. The van der Waals surface area contributed by atoms with Gasteiger partial charge in [-0.1, -0.05) is 42.5 Å². The summed E-state index contributed by atoms with van der Waals surface area (Å²) in [6.45, 7) is 0. The minimum Gasteiger partial charge on any atom is -0.497 e. The van der Waals surface area contributed by atoms with E-state index in [1.807, 2.05) is 35.7 Å². The van der Waals surface area contributed by atoms with Crippen LogP contribution in [-0.2, 0) is 0 Å². The molecule has 8 heteroatoms. The Morgan fingerprint density at radius 2 is 1.70 bits per heavy atom. The van der Waals surface area contributed by atoms with Gasteiger partial charge in [-0.25, -0.2) is 0 Å². The third-order valence-corrected chi connectivity index (χ3v) is 6.48. The van der Waals surface area contributed by atoms with Crippen LogP contribution in [0.15, 0.2) is 64.8 Å². The summed E-state index contributed by atoms with van der Waals surface area (Å²) < 4.78 is 6.74. The third-order valence-electron chi connectivity index (χ3n) is 5.52. The second-order valence-corrected chi connectivity index (χ2v) is 8.09. The average molecular weight is 449 g/mol. The number of nitriles is 2. The number of hydrogen-bond donors (Lipinski definition) is 1. The van der Waals surface area contributed by atoms with Crippen molar-refractivity contribution in [2.75, 3.05) is 12.8 Å². The standard InChI is InChI=1S/C25H15N5O2S/c1-32-16-9-7-15(8-10-16)20-17(11-26)22(28)30-23(18(20)12-27)29-24(31)21-19(13-33-25(21)30)14-5-3-2-4-6-14/h2-10,13H,28H2,1H3. The predicted octanol–water partition coefficient (Wildman–Crippen LogP) is 4.58. The van der Waals surface area contributed by atoms with Gasteiger partial charge in [-0.05, 0) is 23.3 Å². The topological polar surface area (TPSA) is 117 Å². The van der Waals surface area contributed by atoms with Crippen molar-refractivity contribution in [3.05, 3.63) is 81.5 Å². The van der Waals surface area contributed by atoms with Crippen LogP contribution in [0.5, 0.6) is 5.75 Å². The molecule has 0 saturated carbocycles. The van der Waals surface area contributed by atoms with Crippen molar-refractivity contribution in [1.29, 1.82) is 10.5 Å². The number of anilines is 1. The summed E-state index contributed by atoms with van der Waals surface area (Å²) in [5.74, 6) is 0.754. The molecule has 0 saturated heterocycles. The van der Waals surface area contributed by atoms with Crippen molar-refractivity contribution in [2.24, 2.45) is 0 Å². The maximum atomic E-state index is 13.2. The van der Waals surface area contributed by atoms with E-state index in [-0.39, 0.29) is 22.6 Å². The van der Waals surface area contributed by atoms with Gasteiger partial charge in [0.1, 0.15) is 39.7 Å². The first-order valence-corrected chi connectivity index (χ1v) is 10.8. The van der Waals surface area contributed by atoms with E-state index in [0.29, 0.717) is 27.1 Å². The van der Waals surface area contributed by atoms with Crippen LogP contribution in [0.4, 0.5) is 5.82 Å². The van der Waals surface area contributed by atoms with Crippen molar-refractivity contribution in [2.45, 2.75) is 0 Å². The summed E-state index contributed by atoms with van der Waals surface area (Å²) in [5, 5.41) is 22.3. The molecule has 0 aliphatic carbocycles. The summed E-state index contributed by atoms with van der Waals surface area (Å²) in [6.07, 6.45) is 0. The Morgan fingerprint density at radius 1 is 1.00 bits per heavy atom. The van der Waals surface area contributed by atoms with E-state index in [1.54, 1.807) is 31.4 Å². The van der Waals surface area contributed by atoms with E-state index in [1.165, 1.54) is 15.7 Å². The minimum absolute atomic E-state index is 0.111. The van der Waals surface area contributed by atoms with Crippen molar-refractivity contribution in [3.8, 4) is 40.1 Å². The SMILES string of the molecule is COc1ccc(-c2c(C#N)c(N)n3c(nc(=O)c4c(-c5ccccc5)csc43)c2C#N)cc1. The van der Waals surface area contributed by atoms with Crippen molar-refractivity contribution < 1.29 is 4.74 Å². The van der Waals surface area contributed by atoms with E-state index in [2.05, 4.69) is 17.1 Å². The largest absolute Gasteiger partial charge is 0.497 e. The Balaban J connectivity index is 1.92. The Bertz CT molecular complexity index is 1690. The molecule has 158 valence electrons. The number of ether oxygens (including phenoxy) is 1. The lowest BCUT2D eigenvalue weighted by Crippen LogP contribution is -2.15. The molecule has 0 spiro atoms. The van der Waals surface area contributed by atoms with Crippen molar-refractivity contribution in [3.63, 3.8) is 0 Å². The van der Waals surface area contributed by atoms with Crippen LogP contribution < -0.4 is 16.0 Å². The van der Waals surface area contributed by atoms with Crippen LogP contribution in [0.2, 0.25) is 0 Å². The van der Waals surface area contributed by atoms with Gasteiger partial charge in [-0.15, -0.1) is 11.3 Å². The van der Waals surface area contributed by atoms with E-state index in [4.69, 9.17) is 10.5 Å². The summed E-state index contributed by atoms with van der Waals surface area (Å²) in [7, 11) is 1.55. The van der Waals surface area contributed by atoms with Gasteiger partial charge in [-0.3, -0.25) is 9.20 Å². The van der Waals surface area contributed by atoms with Crippen LogP contribution in [0.3, 0.4) is 0 Å². The second kappa shape index (κ2) is 7.79. The maximum Gasteiger partial charge on any atom is 0.282 e. The number of nitrogens with two attached hydrogens (primary N) is 1. The Kier molecular flexibility index (Phi) is 4.78. The molecule has 0 amide bonds. The zero-order valence-electron chi connectivity index (χ0n) is 17.4. The number of pyridine rings is 1. The number of rotatable bonds is 3. The first-order chi connectivity index (χ1) is 16.1. The zero-order chi connectivity index (χ0) is 23.1. The highest BCUT2D eigenvalue weighted by Crippen LogP contribution is 2.38. The van der Waals surface area contributed by atoms with Crippen molar-refractivity contribution >= 4 is 33.0 Å². The molecule has 2 aromatic carbocycles. The van der Waals surface area contributed by atoms with Crippen LogP contribution in [0.25, 0.3) is 38.1 Å². The molecule has 3 heterocycles. The average Bonchev–Trinajstić information content (AvgIpc) is 3.30. The molecule has 0 bridgehead atoms. The van der Waals surface area contributed by atoms with E-state index in [0.717, 1.165) is 11.1 Å². The molecule has 0 unspecified atom stereocenters. The van der Waals surface area contributed by atoms with Crippen molar-refractivity contribution in [1.82, 2.24) is 9.38 Å². The Labute approximate surface area is 192 Å². The number of aromatic nitrogens is 2. The van der Waals surface area contributed by atoms with Crippen LogP contribution in [-0.4, -0.2) is 16.5 Å². The molecule has 0 fully saturated rings. The number of thiophene rings is 1. The smallest absolute Gasteiger partial charge is 0.282 e. The molecule has 7 nitrogen and oxygen atoms in total. The molecule has 0 aliphatic heterocycles. The molecule has 3 aromatic heterocycles. The number of nitrogen functional groups attached to an aromatic ring is 1. The molecule has 0 atom stereocenters. The fraction of sp³-hybridized carbons (Fsp3) is 0.0400. The van der Waals surface area contributed by atoms with Gasteiger partial charge in [0, 0.05) is 16.5 Å². The van der Waals surface area contributed by atoms with Gasteiger partial charge in [0.05, 0.1) is 12.5 Å². The van der Waals surface area contributed by atoms with Crippen LogP contribution in [0.1, 0.15) is 11.1 Å². The van der Waals surface area contributed by atoms with Gasteiger partial charge < -0.3 is 10.5 Å². The van der Waals surface area contributed by atoms with Gasteiger partial charge in [0.2, 0.25) is 0 Å². The number of methoxy groups -OCH3 is 1. The first kappa shape index (κ1) is 20.3. The second-order valence-electron chi connectivity index (χ2n) is 7.23. The van der Waals surface area contributed by atoms with E-state index < -0.39 is 5.56 Å². The summed E-state index contributed by atoms with van der Waals surface area (Å²) >= 11 is 1.32. The molecule has 33 heavy (non-hydrogen) atoms. The maximum absolute atomic E-state index is 13.2. The summed E-state index contributed by atoms with van der Waals surface area (Å²) in [5.41, 5.74) is 8.96. The highest BCUT2D eigenvalue weighted by molar-refractivity contribution is 7.17. The fourth-order valence-corrected chi connectivity index (χ4v) is 5.07. The van der Waals surface area contributed by atoms with Gasteiger partial charge in [-0.2, -0.15) is 15.5 Å². The van der Waals surface area contributed by atoms with Crippen LogP contribution in [0, 0.1) is 22.7 Å². The number of benzene rings is 2. The summed E-state index contributed by atoms with van der Waals surface area (Å²) in [6, 6.07) is 20.7. The lowest BCUT2D eigenvalue weighted by molar-refractivity contribution is 0.415. The molecule has 0 aliphatic rings. The quantitative estimate of drug-likeness (QED) is 0.431. The lowest BCUT2D eigenvalue weighted by Gasteiger charge is -2.15.